The molecule has 178 valence electrons. The highest BCUT2D eigenvalue weighted by Crippen LogP contribution is 2.15. The molecule has 1 saturated heterocycles. The summed E-state index contributed by atoms with van der Waals surface area (Å²) in [7, 11) is 0. The number of nitrogens with zero attached hydrogens (tertiary/aromatic N) is 4. The van der Waals surface area contributed by atoms with Crippen molar-refractivity contribution >= 4 is 24.2 Å². The lowest BCUT2D eigenvalue weighted by atomic mass is 9.90. The maximum Gasteiger partial charge on any atom is 0.317 e. The fourth-order valence-electron chi connectivity index (χ4n) is 3.14. The molecule has 0 aromatic heterocycles. The second kappa shape index (κ2) is 13.4. The van der Waals surface area contributed by atoms with Gasteiger partial charge in [-0.2, -0.15) is 0 Å². The molecule has 0 aromatic carbocycles. The Balaban J connectivity index is 2.96. The van der Waals surface area contributed by atoms with Crippen LogP contribution in [-0.2, 0) is 23.9 Å². The maximum atomic E-state index is 12.6. The van der Waals surface area contributed by atoms with Crippen LogP contribution in [0.5, 0.6) is 0 Å². The van der Waals surface area contributed by atoms with Gasteiger partial charge in [-0.1, -0.05) is 20.8 Å². The molecule has 0 atom stereocenters. The number of ether oxygens (including phenoxy) is 1. The number of carbonyl (C=O) groups excluding carboxylic acids is 2. The molecule has 1 aliphatic heterocycles. The van der Waals surface area contributed by atoms with Gasteiger partial charge < -0.3 is 14.9 Å². The van der Waals surface area contributed by atoms with Gasteiger partial charge in [0.05, 0.1) is 19.6 Å². The van der Waals surface area contributed by atoms with E-state index in [4.69, 9.17) is 4.74 Å². The van der Waals surface area contributed by atoms with E-state index in [1.54, 1.807) is 9.80 Å². The van der Waals surface area contributed by atoms with Crippen LogP contribution in [-0.4, -0.2) is 133 Å². The molecule has 0 saturated carbocycles. The highest BCUT2D eigenvalue weighted by molar-refractivity contribution is 5.85. The summed E-state index contributed by atoms with van der Waals surface area (Å²) in [6.07, 6.45) is 0. The molecule has 0 radical (unpaired) electrons. The summed E-state index contributed by atoms with van der Waals surface area (Å²) in [4.78, 5) is 53.1. The van der Waals surface area contributed by atoms with Crippen LogP contribution < -0.4 is 0 Å². The van der Waals surface area contributed by atoms with Crippen LogP contribution in [0.2, 0.25) is 0 Å². The van der Waals surface area contributed by atoms with Gasteiger partial charge in [0.2, 0.25) is 0 Å². The number of carbonyl (C=O) groups is 4. The van der Waals surface area contributed by atoms with E-state index < -0.39 is 17.4 Å². The summed E-state index contributed by atoms with van der Waals surface area (Å²) in [5.74, 6) is -1.80. The highest BCUT2D eigenvalue weighted by Gasteiger charge is 2.25. The first-order valence-corrected chi connectivity index (χ1v) is 10.4. The van der Waals surface area contributed by atoms with E-state index in [2.05, 4.69) is 0 Å². The zero-order valence-corrected chi connectivity index (χ0v) is 18.8. The SMILES string of the molecule is CC(C)(C)C(=O)CN1CCN(CC(=O)O)CCN(COC=O)CCN(CC(=O)O)CC1. The van der Waals surface area contributed by atoms with Crippen molar-refractivity contribution < 1.29 is 34.1 Å². The minimum absolute atomic E-state index is 0.0531. The average molecular weight is 445 g/mol. The molecule has 0 bridgehead atoms. The second-order valence-electron chi connectivity index (χ2n) is 8.80. The molecule has 0 aromatic rings. The predicted octanol–water partition coefficient (Wildman–Crippen LogP) is -0.877. The molecule has 0 amide bonds. The lowest BCUT2D eigenvalue weighted by molar-refractivity contribution is -0.139. The predicted molar refractivity (Wildman–Crippen MR) is 113 cm³/mol. The van der Waals surface area contributed by atoms with Gasteiger partial charge in [0, 0.05) is 57.8 Å². The van der Waals surface area contributed by atoms with E-state index >= 15 is 0 Å². The van der Waals surface area contributed by atoms with Crippen molar-refractivity contribution in [2.24, 2.45) is 5.41 Å². The lowest BCUT2D eigenvalue weighted by Crippen LogP contribution is -2.49. The van der Waals surface area contributed by atoms with Gasteiger partial charge in [-0.3, -0.25) is 38.8 Å². The first-order valence-electron chi connectivity index (χ1n) is 10.4. The van der Waals surface area contributed by atoms with Crippen LogP contribution in [0.15, 0.2) is 0 Å². The monoisotopic (exact) mass is 444 g/mol. The molecule has 1 rings (SSSR count). The fourth-order valence-corrected chi connectivity index (χ4v) is 3.14. The van der Waals surface area contributed by atoms with Crippen molar-refractivity contribution in [2.45, 2.75) is 20.8 Å². The first-order chi connectivity index (χ1) is 14.5. The molecular weight excluding hydrogens is 408 g/mol. The lowest BCUT2D eigenvalue weighted by Gasteiger charge is -2.33. The van der Waals surface area contributed by atoms with Crippen LogP contribution in [0, 0.1) is 5.41 Å². The Morgan fingerprint density at radius 3 is 1.42 bits per heavy atom. The number of Topliss-reactive ketones (excluding diaryl/α,β-unsaturated/α-hetero) is 1. The molecule has 11 heteroatoms. The smallest absolute Gasteiger partial charge is 0.317 e. The van der Waals surface area contributed by atoms with Crippen molar-refractivity contribution in [3.8, 4) is 0 Å². The summed E-state index contributed by atoms with van der Waals surface area (Å²) >= 11 is 0. The zero-order valence-electron chi connectivity index (χ0n) is 18.8. The van der Waals surface area contributed by atoms with Gasteiger partial charge in [-0.15, -0.1) is 0 Å². The van der Waals surface area contributed by atoms with Crippen LogP contribution in [0.4, 0.5) is 0 Å². The number of carboxylic acids is 2. The quantitative estimate of drug-likeness (QED) is 0.430. The number of ketones is 1. The van der Waals surface area contributed by atoms with E-state index in [0.29, 0.717) is 58.8 Å². The van der Waals surface area contributed by atoms with Crippen LogP contribution >= 0.6 is 0 Å². The Kier molecular flexibility index (Phi) is 11.6. The number of hydrogen-bond acceptors (Lipinski definition) is 9. The Labute approximate surface area is 183 Å². The highest BCUT2D eigenvalue weighted by atomic mass is 16.5. The molecule has 11 nitrogen and oxygen atoms in total. The van der Waals surface area contributed by atoms with Crippen LogP contribution in [0.1, 0.15) is 20.8 Å². The maximum absolute atomic E-state index is 12.6. The number of carboxylic acid groups (broad SMARTS) is 2. The van der Waals surface area contributed by atoms with E-state index in [-0.39, 0.29) is 32.1 Å². The second-order valence-corrected chi connectivity index (χ2v) is 8.80. The van der Waals surface area contributed by atoms with E-state index in [1.807, 2.05) is 30.6 Å². The van der Waals surface area contributed by atoms with Crippen molar-refractivity contribution in [2.75, 3.05) is 78.7 Å². The normalized spacial score (nSPS) is 19.2. The average Bonchev–Trinajstić information content (AvgIpc) is 2.65. The molecule has 2 N–H and O–H groups in total. The zero-order chi connectivity index (χ0) is 23.4. The largest absolute Gasteiger partial charge is 0.480 e. The summed E-state index contributed by atoms with van der Waals surface area (Å²) in [5, 5.41) is 18.5. The minimum atomic E-state index is -0.937. The summed E-state index contributed by atoms with van der Waals surface area (Å²) < 4.78 is 4.85. The molecule has 1 fully saturated rings. The first kappa shape index (κ1) is 27.0. The van der Waals surface area contributed by atoms with Crippen molar-refractivity contribution in [3.63, 3.8) is 0 Å². The van der Waals surface area contributed by atoms with Crippen molar-refractivity contribution in [1.82, 2.24) is 19.6 Å². The number of rotatable bonds is 9. The topological polar surface area (TPSA) is 131 Å². The number of aliphatic carboxylic acids is 2. The van der Waals surface area contributed by atoms with Gasteiger partial charge in [-0.05, 0) is 0 Å². The molecule has 0 unspecified atom stereocenters. The van der Waals surface area contributed by atoms with E-state index in [0.717, 1.165) is 0 Å². The summed E-state index contributed by atoms with van der Waals surface area (Å²) in [5.41, 5.74) is -0.496. The third-order valence-electron chi connectivity index (χ3n) is 5.18. The van der Waals surface area contributed by atoms with Gasteiger partial charge in [0.25, 0.3) is 6.47 Å². The molecule has 31 heavy (non-hydrogen) atoms. The Bertz CT molecular complexity index is 577. The van der Waals surface area contributed by atoms with E-state index in [9.17, 15) is 29.4 Å². The van der Waals surface area contributed by atoms with Crippen molar-refractivity contribution in [3.05, 3.63) is 0 Å². The molecule has 0 spiro atoms. The van der Waals surface area contributed by atoms with Gasteiger partial charge in [-0.25, -0.2) is 0 Å². The Morgan fingerprint density at radius 1 is 0.742 bits per heavy atom. The third-order valence-corrected chi connectivity index (χ3v) is 5.18. The van der Waals surface area contributed by atoms with Gasteiger partial charge in [0.1, 0.15) is 6.73 Å². The van der Waals surface area contributed by atoms with Crippen LogP contribution in [0.25, 0.3) is 0 Å². The summed E-state index contributed by atoms with van der Waals surface area (Å²) in [6, 6.07) is 0. The molecule has 1 heterocycles. The van der Waals surface area contributed by atoms with E-state index in [1.165, 1.54) is 0 Å². The fraction of sp³-hybridized carbons (Fsp3) is 0.800. The molecular formula is C20H36N4O7. The molecule has 1 aliphatic rings. The van der Waals surface area contributed by atoms with Gasteiger partial charge in [0.15, 0.2) is 5.78 Å². The Hall–Kier alpha value is -2.08. The summed E-state index contributed by atoms with van der Waals surface area (Å²) in [6.45, 7) is 9.61. The van der Waals surface area contributed by atoms with Crippen molar-refractivity contribution in [1.29, 1.82) is 0 Å². The minimum Gasteiger partial charge on any atom is -0.480 e. The Morgan fingerprint density at radius 2 is 1.10 bits per heavy atom. The third kappa shape index (κ3) is 11.8. The molecule has 0 aliphatic carbocycles. The van der Waals surface area contributed by atoms with Gasteiger partial charge >= 0.3 is 11.9 Å². The standard InChI is InChI=1S/C20H36N4O7/c1-20(2,3)17(26)12-21-4-6-22(13-18(27)28)8-10-24(15-31-16-25)11-9-23(7-5-21)14-19(29)30/h16H,4-15H2,1-3H3,(H,27,28)(H,29,30). The number of hydrogen-bond donors (Lipinski definition) is 2. The van der Waals surface area contributed by atoms with Crippen LogP contribution in [0.3, 0.4) is 0 Å².